The van der Waals surface area contributed by atoms with Crippen LogP contribution in [0.25, 0.3) is 0 Å². The van der Waals surface area contributed by atoms with Gasteiger partial charge >= 0.3 is 0 Å². The highest BCUT2D eigenvalue weighted by atomic mass is 16.3. The number of rotatable bonds is 5. The Hall–Kier alpha value is -1.22. The molecule has 0 fully saturated rings. The summed E-state index contributed by atoms with van der Waals surface area (Å²) in [5.41, 5.74) is 8.59. The van der Waals surface area contributed by atoms with Crippen LogP contribution < -0.4 is 11.1 Å². The molecule has 1 unspecified atom stereocenters. The zero-order valence-corrected chi connectivity index (χ0v) is 9.46. The van der Waals surface area contributed by atoms with Gasteiger partial charge in [0, 0.05) is 17.9 Å². The zero-order chi connectivity index (χ0) is 11.3. The van der Waals surface area contributed by atoms with Crippen molar-refractivity contribution in [3.63, 3.8) is 0 Å². The number of anilines is 2. The average molecular weight is 208 g/mol. The largest absolute Gasteiger partial charge is 0.399 e. The van der Waals surface area contributed by atoms with Crippen molar-refractivity contribution >= 4 is 11.4 Å². The predicted octanol–water partition coefficient (Wildman–Crippen LogP) is 2.15. The molecule has 1 aromatic carbocycles. The highest BCUT2D eigenvalue weighted by Crippen LogP contribution is 2.16. The molecule has 0 radical (unpaired) electrons. The van der Waals surface area contributed by atoms with E-state index < -0.39 is 0 Å². The Balaban J connectivity index is 2.47. The van der Waals surface area contributed by atoms with Crippen molar-refractivity contribution < 1.29 is 5.11 Å². The van der Waals surface area contributed by atoms with Crippen molar-refractivity contribution in [3.05, 3.63) is 23.8 Å². The molecule has 0 aliphatic rings. The number of aliphatic hydroxyl groups excluding tert-OH is 1. The molecular weight excluding hydrogens is 188 g/mol. The van der Waals surface area contributed by atoms with Crippen LogP contribution in [0.3, 0.4) is 0 Å². The maximum atomic E-state index is 9.55. The molecule has 1 aromatic rings. The van der Waals surface area contributed by atoms with Crippen molar-refractivity contribution in [2.45, 2.75) is 32.8 Å². The lowest BCUT2D eigenvalue weighted by Gasteiger charge is -2.12. The number of hydrogen-bond donors (Lipinski definition) is 3. The summed E-state index contributed by atoms with van der Waals surface area (Å²) in [6.45, 7) is 4.64. The minimum atomic E-state index is -0.271. The Kier molecular flexibility index (Phi) is 4.43. The second-order valence-electron chi connectivity index (χ2n) is 3.89. The second kappa shape index (κ2) is 5.61. The quantitative estimate of drug-likeness (QED) is 0.650. The van der Waals surface area contributed by atoms with Crippen LogP contribution in [-0.2, 0) is 0 Å². The zero-order valence-electron chi connectivity index (χ0n) is 9.46. The van der Waals surface area contributed by atoms with Crippen molar-refractivity contribution in [2.75, 3.05) is 17.6 Å². The summed E-state index contributed by atoms with van der Waals surface area (Å²) in [5.74, 6) is 0. The van der Waals surface area contributed by atoms with Gasteiger partial charge in [0.05, 0.1) is 6.10 Å². The van der Waals surface area contributed by atoms with E-state index in [9.17, 15) is 5.11 Å². The van der Waals surface area contributed by atoms with E-state index in [2.05, 4.69) is 12.2 Å². The van der Waals surface area contributed by atoms with Crippen LogP contribution in [-0.4, -0.2) is 17.8 Å². The standard InChI is InChI=1S/C12H20N2O/c1-3-4-11(15)8-14-10-5-6-12(13)9(2)7-10/h5-7,11,14-15H,3-4,8,13H2,1-2H3. The molecule has 0 amide bonds. The van der Waals surface area contributed by atoms with E-state index in [4.69, 9.17) is 5.73 Å². The SMILES string of the molecule is CCCC(O)CNc1ccc(N)c(C)c1. The van der Waals surface area contributed by atoms with E-state index >= 15 is 0 Å². The molecule has 1 atom stereocenters. The number of nitrogens with one attached hydrogen (secondary N) is 1. The van der Waals surface area contributed by atoms with Gasteiger partial charge in [0.25, 0.3) is 0 Å². The molecule has 15 heavy (non-hydrogen) atoms. The summed E-state index contributed by atoms with van der Waals surface area (Å²) >= 11 is 0. The summed E-state index contributed by atoms with van der Waals surface area (Å²) in [5, 5.41) is 12.7. The van der Waals surface area contributed by atoms with Gasteiger partial charge in [-0.2, -0.15) is 0 Å². The monoisotopic (exact) mass is 208 g/mol. The van der Waals surface area contributed by atoms with Gasteiger partial charge < -0.3 is 16.2 Å². The van der Waals surface area contributed by atoms with Gasteiger partial charge in [-0.1, -0.05) is 13.3 Å². The molecule has 3 heteroatoms. The molecule has 0 aromatic heterocycles. The molecular formula is C12H20N2O. The molecule has 0 aliphatic heterocycles. The lowest BCUT2D eigenvalue weighted by atomic mass is 10.1. The fraction of sp³-hybridized carbons (Fsp3) is 0.500. The van der Waals surface area contributed by atoms with Crippen molar-refractivity contribution in [3.8, 4) is 0 Å². The van der Waals surface area contributed by atoms with Crippen LogP contribution >= 0.6 is 0 Å². The van der Waals surface area contributed by atoms with E-state index in [-0.39, 0.29) is 6.10 Å². The Bertz CT molecular complexity index is 312. The number of hydrogen-bond acceptors (Lipinski definition) is 3. The Morgan fingerprint density at radius 3 is 2.80 bits per heavy atom. The predicted molar refractivity (Wildman–Crippen MR) is 65.0 cm³/mol. The number of nitrogens with two attached hydrogens (primary N) is 1. The number of aliphatic hydroxyl groups is 1. The fourth-order valence-corrected chi connectivity index (χ4v) is 1.46. The topological polar surface area (TPSA) is 58.3 Å². The van der Waals surface area contributed by atoms with E-state index in [1.165, 1.54) is 0 Å². The molecule has 0 spiro atoms. The Morgan fingerprint density at radius 2 is 2.20 bits per heavy atom. The van der Waals surface area contributed by atoms with Gasteiger partial charge in [-0.05, 0) is 37.1 Å². The molecule has 3 nitrogen and oxygen atoms in total. The van der Waals surface area contributed by atoms with Gasteiger partial charge in [-0.3, -0.25) is 0 Å². The fourth-order valence-electron chi connectivity index (χ4n) is 1.46. The summed E-state index contributed by atoms with van der Waals surface area (Å²) in [4.78, 5) is 0. The van der Waals surface area contributed by atoms with Crippen LogP contribution in [0.1, 0.15) is 25.3 Å². The molecule has 84 valence electrons. The molecule has 1 rings (SSSR count). The molecule has 4 N–H and O–H groups in total. The average Bonchev–Trinajstić information content (AvgIpc) is 2.20. The van der Waals surface area contributed by atoms with Gasteiger partial charge in [-0.15, -0.1) is 0 Å². The lowest BCUT2D eigenvalue weighted by Crippen LogP contribution is -2.19. The number of aryl methyl sites for hydroxylation is 1. The van der Waals surface area contributed by atoms with Crippen LogP contribution in [0.5, 0.6) is 0 Å². The first-order valence-electron chi connectivity index (χ1n) is 5.41. The number of benzene rings is 1. The van der Waals surface area contributed by atoms with Crippen molar-refractivity contribution in [1.82, 2.24) is 0 Å². The summed E-state index contributed by atoms with van der Waals surface area (Å²) in [6, 6.07) is 5.80. The first kappa shape index (κ1) is 11.9. The minimum absolute atomic E-state index is 0.271. The maximum absolute atomic E-state index is 9.55. The molecule has 0 saturated heterocycles. The molecule has 0 saturated carbocycles. The van der Waals surface area contributed by atoms with Crippen molar-refractivity contribution in [2.24, 2.45) is 0 Å². The third kappa shape index (κ3) is 3.80. The molecule has 0 bridgehead atoms. The van der Waals surface area contributed by atoms with E-state index in [1.807, 2.05) is 25.1 Å². The first-order chi connectivity index (χ1) is 7.13. The van der Waals surface area contributed by atoms with Gasteiger partial charge in [0.15, 0.2) is 0 Å². The Labute approximate surface area is 91.3 Å². The van der Waals surface area contributed by atoms with Gasteiger partial charge in [0.2, 0.25) is 0 Å². The van der Waals surface area contributed by atoms with Crippen molar-refractivity contribution in [1.29, 1.82) is 0 Å². The summed E-state index contributed by atoms with van der Waals surface area (Å²) < 4.78 is 0. The van der Waals surface area contributed by atoms with E-state index in [0.717, 1.165) is 29.8 Å². The smallest absolute Gasteiger partial charge is 0.0712 e. The summed E-state index contributed by atoms with van der Waals surface area (Å²) in [7, 11) is 0. The third-order valence-corrected chi connectivity index (χ3v) is 2.43. The summed E-state index contributed by atoms with van der Waals surface area (Å²) in [6.07, 6.45) is 1.57. The Morgan fingerprint density at radius 1 is 1.47 bits per heavy atom. The number of nitrogen functional groups attached to an aromatic ring is 1. The van der Waals surface area contributed by atoms with E-state index in [0.29, 0.717) is 6.54 Å². The van der Waals surface area contributed by atoms with Crippen LogP contribution in [0, 0.1) is 6.92 Å². The van der Waals surface area contributed by atoms with Crippen LogP contribution in [0.4, 0.5) is 11.4 Å². The highest BCUT2D eigenvalue weighted by Gasteiger charge is 2.02. The highest BCUT2D eigenvalue weighted by molar-refractivity contribution is 5.56. The van der Waals surface area contributed by atoms with Gasteiger partial charge in [-0.25, -0.2) is 0 Å². The molecule has 0 heterocycles. The normalized spacial score (nSPS) is 12.5. The van der Waals surface area contributed by atoms with Crippen LogP contribution in [0.15, 0.2) is 18.2 Å². The van der Waals surface area contributed by atoms with Gasteiger partial charge in [0.1, 0.15) is 0 Å². The lowest BCUT2D eigenvalue weighted by molar-refractivity contribution is 0.176. The second-order valence-corrected chi connectivity index (χ2v) is 3.89. The van der Waals surface area contributed by atoms with Crippen LogP contribution in [0.2, 0.25) is 0 Å². The minimum Gasteiger partial charge on any atom is -0.399 e. The third-order valence-electron chi connectivity index (χ3n) is 2.43. The maximum Gasteiger partial charge on any atom is 0.0712 e. The van der Waals surface area contributed by atoms with E-state index in [1.54, 1.807) is 0 Å². The molecule has 0 aliphatic carbocycles. The first-order valence-corrected chi connectivity index (χ1v) is 5.41.